The molecule has 0 aromatic carbocycles. The third-order valence-electron chi connectivity index (χ3n) is 3.42. The maximum atomic E-state index is 5.37. The van der Waals surface area contributed by atoms with Gasteiger partial charge in [-0.05, 0) is 45.6 Å². The van der Waals surface area contributed by atoms with E-state index < -0.39 is 0 Å². The van der Waals surface area contributed by atoms with Crippen molar-refractivity contribution in [3.8, 4) is 0 Å². The normalized spacial score (nSPS) is 19.4. The molecule has 1 atom stereocenters. The summed E-state index contributed by atoms with van der Waals surface area (Å²) in [5.74, 6) is 0.848. The third kappa shape index (κ3) is 4.05. The molecule has 0 spiro atoms. The SMILES string of the molecule is Cc1nc(C(C)NCCC2CCOCC2)cs1. The summed E-state index contributed by atoms with van der Waals surface area (Å²) < 4.78 is 5.37. The number of aryl methyl sites for hydroxylation is 1. The van der Waals surface area contributed by atoms with Crippen LogP contribution >= 0.6 is 11.3 Å². The van der Waals surface area contributed by atoms with Gasteiger partial charge in [-0.3, -0.25) is 0 Å². The number of hydrogen-bond acceptors (Lipinski definition) is 4. The van der Waals surface area contributed by atoms with Gasteiger partial charge in [0.1, 0.15) is 0 Å². The highest BCUT2D eigenvalue weighted by Crippen LogP contribution is 2.19. The molecule has 0 aliphatic carbocycles. The lowest BCUT2D eigenvalue weighted by atomic mass is 9.96. The van der Waals surface area contributed by atoms with Gasteiger partial charge in [0.05, 0.1) is 10.7 Å². The standard InChI is InChI=1S/C13H22N2OS/c1-10(13-9-17-11(2)15-13)14-6-3-12-4-7-16-8-5-12/h9-10,12,14H,3-8H2,1-2H3. The Labute approximate surface area is 108 Å². The molecular formula is C13H22N2OS. The van der Waals surface area contributed by atoms with E-state index in [9.17, 15) is 0 Å². The van der Waals surface area contributed by atoms with Crippen LogP contribution in [0.3, 0.4) is 0 Å². The van der Waals surface area contributed by atoms with Gasteiger partial charge in [0.25, 0.3) is 0 Å². The van der Waals surface area contributed by atoms with Crippen LogP contribution in [0.2, 0.25) is 0 Å². The lowest BCUT2D eigenvalue weighted by Gasteiger charge is -2.22. The second-order valence-electron chi connectivity index (χ2n) is 4.81. The summed E-state index contributed by atoms with van der Waals surface area (Å²) in [5.41, 5.74) is 1.18. The molecule has 17 heavy (non-hydrogen) atoms. The van der Waals surface area contributed by atoms with Crippen LogP contribution in [-0.2, 0) is 4.74 Å². The second kappa shape index (κ2) is 6.47. The van der Waals surface area contributed by atoms with Crippen LogP contribution in [0.5, 0.6) is 0 Å². The molecule has 1 fully saturated rings. The molecule has 1 aliphatic heterocycles. The van der Waals surface area contributed by atoms with Gasteiger partial charge in [-0.2, -0.15) is 0 Å². The molecule has 0 saturated carbocycles. The molecule has 1 unspecified atom stereocenters. The summed E-state index contributed by atoms with van der Waals surface area (Å²) in [6.07, 6.45) is 3.72. The van der Waals surface area contributed by atoms with Crippen molar-refractivity contribution >= 4 is 11.3 Å². The Morgan fingerprint density at radius 1 is 1.53 bits per heavy atom. The van der Waals surface area contributed by atoms with Gasteiger partial charge in [-0.25, -0.2) is 4.98 Å². The Morgan fingerprint density at radius 3 is 2.94 bits per heavy atom. The Balaban J connectivity index is 1.67. The fourth-order valence-corrected chi connectivity index (χ4v) is 2.93. The highest BCUT2D eigenvalue weighted by molar-refractivity contribution is 7.09. The Bertz CT molecular complexity index is 334. The minimum atomic E-state index is 0.375. The van der Waals surface area contributed by atoms with Crippen molar-refractivity contribution in [3.05, 3.63) is 16.1 Å². The first-order valence-corrected chi connectivity index (χ1v) is 7.37. The van der Waals surface area contributed by atoms with Crippen molar-refractivity contribution in [3.63, 3.8) is 0 Å². The number of nitrogens with zero attached hydrogens (tertiary/aromatic N) is 1. The highest BCUT2D eigenvalue weighted by Gasteiger charge is 2.14. The minimum Gasteiger partial charge on any atom is -0.381 e. The molecule has 2 heterocycles. The largest absolute Gasteiger partial charge is 0.381 e. The number of aromatic nitrogens is 1. The van der Waals surface area contributed by atoms with E-state index in [0.29, 0.717) is 6.04 Å². The van der Waals surface area contributed by atoms with E-state index in [1.807, 2.05) is 0 Å². The Morgan fingerprint density at radius 2 is 2.29 bits per heavy atom. The fraction of sp³-hybridized carbons (Fsp3) is 0.769. The van der Waals surface area contributed by atoms with E-state index in [-0.39, 0.29) is 0 Å². The van der Waals surface area contributed by atoms with Gasteiger partial charge in [0.2, 0.25) is 0 Å². The van der Waals surface area contributed by atoms with E-state index in [4.69, 9.17) is 4.74 Å². The van der Waals surface area contributed by atoms with Crippen LogP contribution in [-0.4, -0.2) is 24.7 Å². The van der Waals surface area contributed by atoms with Crippen LogP contribution in [0.15, 0.2) is 5.38 Å². The molecule has 1 aromatic rings. The van der Waals surface area contributed by atoms with E-state index in [2.05, 4.69) is 29.5 Å². The molecule has 0 radical (unpaired) electrons. The average Bonchev–Trinajstić information content (AvgIpc) is 2.77. The van der Waals surface area contributed by atoms with Crippen molar-refractivity contribution < 1.29 is 4.74 Å². The molecule has 1 saturated heterocycles. The third-order valence-corrected chi connectivity index (χ3v) is 4.22. The number of nitrogens with one attached hydrogen (secondary N) is 1. The smallest absolute Gasteiger partial charge is 0.0898 e. The summed E-state index contributed by atoms with van der Waals surface area (Å²) in [7, 11) is 0. The summed E-state index contributed by atoms with van der Waals surface area (Å²) in [4.78, 5) is 4.51. The van der Waals surface area contributed by atoms with Crippen LogP contribution in [0, 0.1) is 12.8 Å². The first-order chi connectivity index (χ1) is 8.25. The first kappa shape index (κ1) is 13.0. The fourth-order valence-electron chi connectivity index (χ4n) is 2.22. The van der Waals surface area contributed by atoms with Crippen LogP contribution in [0.25, 0.3) is 0 Å². The maximum Gasteiger partial charge on any atom is 0.0898 e. The van der Waals surface area contributed by atoms with Gasteiger partial charge in [-0.15, -0.1) is 11.3 Å². The molecule has 3 nitrogen and oxygen atoms in total. The highest BCUT2D eigenvalue weighted by atomic mass is 32.1. The lowest BCUT2D eigenvalue weighted by Crippen LogP contribution is -2.24. The number of rotatable bonds is 5. The predicted octanol–water partition coefficient (Wildman–Crippen LogP) is 2.92. The van der Waals surface area contributed by atoms with Gasteiger partial charge in [-0.1, -0.05) is 0 Å². The molecule has 4 heteroatoms. The quantitative estimate of drug-likeness (QED) is 0.877. The zero-order chi connectivity index (χ0) is 12.1. The van der Waals surface area contributed by atoms with Crippen molar-refractivity contribution in [1.82, 2.24) is 10.3 Å². The summed E-state index contributed by atoms with van der Waals surface area (Å²) >= 11 is 1.73. The van der Waals surface area contributed by atoms with Gasteiger partial charge < -0.3 is 10.1 Å². The number of ether oxygens (including phenoxy) is 1. The van der Waals surface area contributed by atoms with E-state index in [1.54, 1.807) is 11.3 Å². The summed E-state index contributed by atoms with van der Waals surface area (Å²) in [5, 5.41) is 6.87. The van der Waals surface area contributed by atoms with E-state index >= 15 is 0 Å². The van der Waals surface area contributed by atoms with Crippen molar-refractivity contribution in [2.24, 2.45) is 5.92 Å². The molecule has 0 amide bonds. The molecule has 0 bridgehead atoms. The average molecular weight is 254 g/mol. The van der Waals surface area contributed by atoms with E-state index in [0.717, 1.165) is 30.7 Å². The Hall–Kier alpha value is -0.450. The first-order valence-electron chi connectivity index (χ1n) is 6.49. The van der Waals surface area contributed by atoms with Crippen molar-refractivity contribution in [2.75, 3.05) is 19.8 Å². The van der Waals surface area contributed by atoms with Gasteiger partial charge in [0.15, 0.2) is 0 Å². The molecule has 1 aromatic heterocycles. The minimum absolute atomic E-state index is 0.375. The monoisotopic (exact) mass is 254 g/mol. The summed E-state index contributed by atoms with van der Waals surface area (Å²) in [6, 6.07) is 0.375. The lowest BCUT2D eigenvalue weighted by molar-refractivity contribution is 0.0638. The predicted molar refractivity (Wildman–Crippen MR) is 71.4 cm³/mol. The zero-order valence-electron chi connectivity index (χ0n) is 10.7. The maximum absolute atomic E-state index is 5.37. The molecule has 2 rings (SSSR count). The second-order valence-corrected chi connectivity index (χ2v) is 5.87. The topological polar surface area (TPSA) is 34.2 Å². The number of hydrogen-bond donors (Lipinski definition) is 1. The van der Waals surface area contributed by atoms with Crippen LogP contribution in [0.1, 0.15) is 42.9 Å². The zero-order valence-corrected chi connectivity index (χ0v) is 11.6. The van der Waals surface area contributed by atoms with Gasteiger partial charge >= 0.3 is 0 Å². The Kier molecular flexibility index (Phi) is 4.95. The summed E-state index contributed by atoms with van der Waals surface area (Å²) in [6.45, 7) is 7.24. The number of thiazole rings is 1. The molecule has 1 aliphatic rings. The molecule has 96 valence electrons. The molecular weight excluding hydrogens is 232 g/mol. The van der Waals surface area contributed by atoms with Gasteiger partial charge in [0, 0.05) is 24.6 Å². The van der Waals surface area contributed by atoms with Crippen molar-refractivity contribution in [1.29, 1.82) is 0 Å². The van der Waals surface area contributed by atoms with Crippen molar-refractivity contribution in [2.45, 2.75) is 39.2 Å². The van der Waals surface area contributed by atoms with Crippen LogP contribution < -0.4 is 5.32 Å². The van der Waals surface area contributed by atoms with Crippen LogP contribution in [0.4, 0.5) is 0 Å². The molecule has 1 N–H and O–H groups in total. The van der Waals surface area contributed by atoms with E-state index in [1.165, 1.54) is 25.0 Å².